The van der Waals surface area contributed by atoms with E-state index in [0.29, 0.717) is 15.6 Å². The molecule has 0 fully saturated rings. The van der Waals surface area contributed by atoms with E-state index >= 15 is 0 Å². The minimum absolute atomic E-state index is 0.111. The normalized spacial score (nSPS) is 10.5. The van der Waals surface area contributed by atoms with Crippen molar-refractivity contribution < 1.29 is 18.0 Å². The summed E-state index contributed by atoms with van der Waals surface area (Å²) in [6.45, 7) is 0.111. The second kappa shape index (κ2) is 6.30. The predicted octanol–water partition coefficient (Wildman–Crippen LogP) is 4.14. The highest BCUT2D eigenvalue weighted by Crippen LogP contribution is 2.20. The zero-order valence-corrected chi connectivity index (χ0v) is 12.6. The average molecular weight is 358 g/mol. The van der Waals surface area contributed by atoms with Gasteiger partial charge in [0.1, 0.15) is 5.82 Å². The topological polar surface area (TPSA) is 20.3 Å². The monoisotopic (exact) mass is 357 g/mol. The minimum atomic E-state index is -0.962. The molecule has 0 radical (unpaired) electrons. The molecule has 0 aliphatic carbocycles. The standard InChI is InChI=1S/C15H11BrF3NO/c1-20(8-9-2-5-13(18)14(19)6-9)15(21)11-4-3-10(17)7-12(11)16/h2-7H,8H2,1H3. The van der Waals surface area contributed by atoms with Crippen molar-refractivity contribution in [3.05, 3.63) is 69.4 Å². The van der Waals surface area contributed by atoms with E-state index in [9.17, 15) is 18.0 Å². The molecule has 2 aromatic rings. The van der Waals surface area contributed by atoms with Crippen LogP contribution in [0.15, 0.2) is 40.9 Å². The van der Waals surface area contributed by atoms with E-state index in [1.54, 1.807) is 0 Å². The Hall–Kier alpha value is -1.82. The maximum absolute atomic E-state index is 13.1. The van der Waals surface area contributed by atoms with Crippen molar-refractivity contribution in [3.63, 3.8) is 0 Å². The largest absolute Gasteiger partial charge is 0.337 e. The van der Waals surface area contributed by atoms with Crippen LogP contribution in [0.25, 0.3) is 0 Å². The molecule has 21 heavy (non-hydrogen) atoms. The third kappa shape index (κ3) is 3.64. The molecule has 2 nitrogen and oxygen atoms in total. The third-order valence-electron chi connectivity index (χ3n) is 2.91. The van der Waals surface area contributed by atoms with Crippen LogP contribution < -0.4 is 0 Å². The molecule has 110 valence electrons. The van der Waals surface area contributed by atoms with Gasteiger partial charge in [0.25, 0.3) is 5.91 Å². The zero-order valence-electron chi connectivity index (χ0n) is 11.0. The zero-order chi connectivity index (χ0) is 15.6. The van der Waals surface area contributed by atoms with Gasteiger partial charge in [-0.1, -0.05) is 6.07 Å². The summed E-state index contributed by atoms with van der Waals surface area (Å²) in [5, 5.41) is 0. The maximum atomic E-state index is 13.1. The average Bonchev–Trinajstić information content (AvgIpc) is 2.42. The second-order valence-corrected chi connectivity index (χ2v) is 5.39. The van der Waals surface area contributed by atoms with Crippen LogP contribution in [-0.4, -0.2) is 17.9 Å². The molecule has 0 heterocycles. The Kier molecular flexibility index (Phi) is 4.67. The van der Waals surface area contributed by atoms with Crippen LogP contribution in [-0.2, 0) is 6.54 Å². The number of benzene rings is 2. The first-order valence-corrected chi connectivity index (χ1v) is 6.82. The van der Waals surface area contributed by atoms with Crippen molar-refractivity contribution in [3.8, 4) is 0 Å². The molecular formula is C15H11BrF3NO. The lowest BCUT2D eigenvalue weighted by atomic mass is 10.1. The molecule has 2 rings (SSSR count). The van der Waals surface area contributed by atoms with Crippen molar-refractivity contribution in [1.82, 2.24) is 4.90 Å². The van der Waals surface area contributed by atoms with E-state index in [1.165, 1.54) is 36.2 Å². The summed E-state index contributed by atoms with van der Waals surface area (Å²) in [6, 6.07) is 7.20. The van der Waals surface area contributed by atoms with Crippen molar-refractivity contribution in [2.75, 3.05) is 7.05 Å². The Morgan fingerprint density at radius 2 is 1.81 bits per heavy atom. The molecule has 0 aliphatic heterocycles. The number of hydrogen-bond donors (Lipinski definition) is 0. The summed E-state index contributed by atoms with van der Waals surface area (Å²) in [7, 11) is 1.53. The van der Waals surface area contributed by atoms with Gasteiger partial charge in [0.2, 0.25) is 0 Å². The number of rotatable bonds is 3. The number of carbonyl (C=O) groups excluding carboxylic acids is 1. The van der Waals surface area contributed by atoms with E-state index in [2.05, 4.69) is 15.9 Å². The molecule has 0 N–H and O–H groups in total. The lowest BCUT2D eigenvalue weighted by Crippen LogP contribution is -2.26. The SMILES string of the molecule is CN(Cc1ccc(F)c(F)c1)C(=O)c1ccc(F)cc1Br. The number of nitrogens with zero attached hydrogens (tertiary/aromatic N) is 1. The van der Waals surface area contributed by atoms with Gasteiger partial charge < -0.3 is 4.90 Å². The molecule has 0 aliphatic rings. The van der Waals surface area contributed by atoms with Gasteiger partial charge in [0, 0.05) is 18.1 Å². The van der Waals surface area contributed by atoms with E-state index in [0.717, 1.165) is 12.1 Å². The van der Waals surface area contributed by atoms with E-state index in [4.69, 9.17) is 0 Å². The molecule has 0 atom stereocenters. The van der Waals surface area contributed by atoms with Gasteiger partial charge in [-0.25, -0.2) is 13.2 Å². The molecule has 2 aromatic carbocycles. The number of carbonyl (C=O) groups is 1. The fraction of sp³-hybridized carbons (Fsp3) is 0.133. The second-order valence-electron chi connectivity index (χ2n) is 4.53. The summed E-state index contributed by atoms with van der Waals surface area (Å²) in [4.78, 5) is 13.6. The number of hydrogen-bond acceptors (Lipinski definition) is 1. The van der Waals surface area contributed by atoms with Crippen LogP contribution in [0.1, 0.15) is 15.9 Å². The van der Waals surface area contributed by atoms with Gasteiger partial charge in [-0.15, -0.1) is 0 Å². The van der Waals surface area contributed by atoms with Crippen LogP contribution in [0.3, 0.4) is 0 Å². The molecule has 0 saturated carbocycles. The summed E-state index contributed by atoms with van der Waals surface area (Å²) in [6.07, 6.45) is 0. The number of halogens is 4. The molecule has 0 unspecified atom stereocenters. The first kappa shape index (κ1) is 15.6. The van der Waals surface area contributed by atoms with Crippen LogP contribution in [0.4, 0.5) is 13.2 Å². The van der Waals surface area contributed by atoms with Gasteiger partial charge >= 0.3 is 0 Å². The fourth-order valence-corrected chi connectivity index (χ4v) is 2.37. The molecule has 0 spiro atoms. The van der Waals surface area contributed by atoms with E-state index < -0.39 is 17.5 Å². The highest BCUT2D eigenvalue weighted by molar-refractivity contribution is 9.10. The minimum Gasteiger partial charge on any atom is -0.337 e. The molecule has 0 bridgehead atoms. The quantitative estimate of drug-likeness (QED) is 0.808. The van der Waals surface area contributed by atoms with E-state index in [1.807, 2.05) is 0 Å². The third-order valence-corrected chi connectivity index (χ3v) is 3.57. The molecule has 0 aromatic heterocycles. The molecular weight excluding hydrogens is 347 g/mol. The Morgan fingerprint density at radius 1 is 1.10 bits per heavy atom. The van der Waals surface area contributed by atoms with Crippen molar-refractivity contribution in [1.29, 1.82) is 0 Å². The molecule has 1 amide bonds. The first-order chi connectivity index (χ1) is 9.88. The fourth-order valence-electron chi connectivity index (χ4n) is 1.85. The first-order valence-electron chi connectivity index (χ1n) is 6.03. The van der Waals surface area contributed by atoms with Crippen LogP contribution in [0, 0.1) is 17.5 Å². The van der Waals surface area contributed by atoms with Crippen LogP contribution >= 0.6 is 15.9 Å². The highest BCUT2D eigenvalue weighted by Gasteiger charge is 2.16. The van der Waals surface area contributed by atoms with Gasteiger partial charge in [0.15, 0.2) is 11.6 Å². The Bertz CT molecular complexity index is 691. The van der Waals surface area contributed by atoms with Crippen molar-refractivity contribution in [2.24, 2.45) is 0 Å². The summed E-state index contributed by atoms with van der Waals surface area (Å²) in [5.74, 6) is -2.71. The molecule has 6 heteroatoms. The highest BCUT2D eigenvalue weighted by atomic mass is 79.9. The van der Waals surface area contributed by atoms with E-state index in [-0.39, 0.29) is 12.5 Å². The van der Waals surface area contributed by atoms with Crippen molar-refractivity contribution in [2.45, 2.75) is 6.54 Å². The maximum Gasteiger partial charge on any atom is 0.255 e. The molecule has 0 saturated heterocycles. The predicted molar refractivity (Wildman–Crippen MR) is 76.3 cm³/mol. The Morgan fingerprint density at radius 3 is 2.43 bits per heavy atom. The van der Waals surface area contributed by atoms with Gasteiger partial charge in [-0.2, -0.15) is 0 Å². The van der Waals surface area contributed by atoms with Gasteiger partial charge in [-0.05, 0) is 51.8 Å². The smallest absolute Gasteiger partial charge is 0.255 e. The lowest BCUT2D eigenvalue weighted by Gasteiger charge is -2.18. The lowest BCUT2D eigenvalue weighted by molar-refractivity contribution is 0.0784. The van der Waals surface area contributed by atoms with Gasteiger partial charge in [-0.3, -0.25) is 4.79 Å². The summed E-state index contributed by atoms with van der Waals surface area (Å²) in [5.41, 5.74) is 0.754. The van der Waals surface area contributed by atoms with Crippen LogP contribution in [0.2, 0.25) is 0 Å². The van der Waals surface area contributed by atoms with Crippen molar-refractivity contribution >= 4 is 21.8 Å². The van der Waals surface area contributed by atoms with Crippen LogP contribution in [0.5, 0.6) is 0 Å². The van der Waals surface area contributed by atoms with Gasteiger partial charge in [0.05, 0.1) is 5.56 Å². The number of amides is 1. The Labute approximate surface area is 128 Å². The summed E-state index contributed by atoms with van der Waals surface area (Å²) >= 11 is 3.13. The Balaban J connectivity index is 2.17. The summed E-state index contributed by atoms with van der Waals surface area (Å²) < 4.78 is 39.3.